The van der Waals surface area contributed by atoms with Crippen molar-refractivity contribution >= 4 is 10.0 Å². The molecule has 1 aliphatic heterocycles. The second-order valence-electron chi connectivity index (χ2n) is 5.12. The van der Waals surface area contributed by atoms with E-state index < -0.39 is 15.3 Å². The smallest absolute Gasteiger partial charge is 0.218 e. The van der Waals surface area contributed by atoms with E-state index in [4.69, 9.17) is 4.74 Å². The van der Waals surface area contributed by atoms with Gasteiger partial charge in [0.2, 0.25) is 10.0 Å². The first-order valence-corrected chi connectivity index (χ1v) is 8.22. The third-order valence-electron chi connectivity index (χ3n) is 3.24. The molecule has 108 valence electrons. The molecular formula is C12H26N2O3S. The Morgan fingerprint density at radius 1 is 1.44 bits per heavy atom. The second kappa shape index (κ2) is 6.84. The van der Waals surface area contributed by atoms with E-state index in [9.17, 15) is 8.42 Å². The molecule has 0 saturated carbocycles. The Kier molecular flexibility index (Phi) is 6.04. The van der Waals surface area contributed by atoms with Gasteiger partial charge in [0.05, 0.1) is 18.0 Å². The second-order valence-corrected chi connectivity index (χ2v) is 7.43. The van der Waals surface area contributed by atoms with E-state index in [1.165, 1.54) is 0 Å². The highest BCUT2D eigenvalue weighted by Crippen LogP contribution is 2.18. The van der Waals surface area contributed by atoms with Crippen molar-refractivity contribution in [2.75, 3.05) is 26.2 Å². The molecule has 3 unspecified atom stereocenters. The molecule has 0 radical (unpaired) electrons. The molecule has 6 heteroatoms. The Morgan fingerprint density at radius 2 is 2.11 bits per heavy atom. The van der Waals surface area contributed by atoms with Crippen LogP contribution in [0.25, 0.3) is 0 Å². The van der Waals surface area contributed by atoms with Crippen molar-refractivity contribution < 1.29 is 13.2 Å². The van der Waals surface area contributed by atoms with Gasteiger partial charge < -0.3 is 10.1 Å². The highest BCUT2D eigenvalue weighted by atomic mass is 32.2. The molecule has 0 aliphatic carbocycles. The first-order chi connectivity index (χ1) is 8.39. The van der Waals surface area contributed by atoms with Crippen LogP contribution >= 0.6 is 0 Å². The van der Waals surface area contributed by atoms with Gasteiger partial charge in [-0.2, -0.15) is 4.31 Å². The van der Waals surface area contributed by atoms with Crippen LogP contribution in [0.4, 0.5) is 0 Å². The van der Waals surface area contributed by atoms with Crippen LogP contribution < -0.4 is 5.32 Å². The van der Waals surface area contributed by atoms with Crippen LogP contribution in [0, 0.1) is 0 Å². The molecule has 1 heterocycles. The van der Waals surface area contributed by atoms with Gasteiger partial charge in [-0.25, -0.2) is 8.42 Å². The molecule has 0 spiro atoms. The Hall–Kier alpha value is -0.170. The van der Waals surface area contributed by atoms with Gasteiger partial charge in [0.25, 0.3) is 0 Å². The van der Waals surface area contributed by atoms with Crippen molar-refractivity contribution in [1.82, 2.24) is 9.62 Å². The lowest BCUT2D eigenvalue weighted by Gasteiger charge is -2.37. The summed E-state index contributed by atoms with van der Waals surface area (Å²) in [4.78, 5) is 0. The summed E-state index contributed by atoms with van der Waals surface area (Å²) in [6, 6.07) is -0.0696. The maximum Gasteiger partial charge on any atom is 0.218 e. The van der Waals surface area contributed by atoms with Gasteiger partial charge in [0.1, 0.15) is 0 Å². The van der Waals surface area contributed by atoms with E-state index in [1.54, 1.807) is 11.2 Å². The minimum atomic E-state index is -3.23. The molecule has 1 rings (SSSR count). The van der Waals surface area contributed by atoms with E-state index in [0.717, 1.165) is 13.0 Å². The molecule has 5 nitrogen and oxygen atoms in total. The van der Waals surface area contributed by atoms with Crippen molar-refractivity contribution in [3.05, 3.63) is 0 Å². The van der Waals surface area contributed by atoms with Crippen molar-refractivity contribution in [2.45, 2.75) is 51.5 Å². The summed E-state index contributed by atoms with van der Waals surface area (Å²) in [5, 5.41) is 2.78. The number of hydrogen-bond donors (Lipinski definition) is 1. The topological polar surface area (TPSA) is 58.6 Å². The largest absolute Gasteiger partial charge is 0.375 e. The van der Waals surface area contributed by atoms with Gasteiger partial charge in [0, 0.05) is 19.1 Å². The fourth-order valence-electron chi connectivity index (χ4n) is 2.05. The quantitative estimate of drug-likeness (QED) is 0.731. The minimum Gasteiger partial charge on any atom is -0.375 e. The van der Waals surface area contributed by atoms with Crippen LogP contribution in [-0.2, 0) is 14.8 Å². The lowest BCUT2D eigenvalue weighted by Crippen LogP contribution is -2.53. The summed E-state index contributed by atoms with van der Waals surface area (Å²) in [5.41, 5.74) is 0. The van der Waals surface area contributed by atoms with Crippen LogP contribution in [0.2, 0.25) is 0 Å². The van der Waals surface area contributed by atoms with Crippen molar-refractivity contribution in [1.29, 1.82) is 0 Å². The lowest BCUT2D eigenvalue weighted by atomic mass is 10.2. The first kappa shape index (κ1) is 15.9. The number of rotatable bonds is 6. The zero-order chi connectivity index (χ0) is 13.8. The Balaban J connectivity index is 2.65. The van der Waals surface area contributed by atoms with Gasteiger partial charge in [0.15, 0.2) is 0 Å². The van der Waals surface area contributed by atoms with Crippen molar-refractivity contribution in [3.8, 4) is 0 Å². The fraction of sp³-hybridized carbons (Fsp3) is 1.00. The Labute approximate surface area is 111 Å². The van der Waals surface area contributed by atoms with E-state index in [1.807, 2.05) is 13.8 Å². The summed E-state index contributed by atoms with van der Waals surface area (Å²) >= 11 is 0. The zero-order valence-corrected chi connectivity index (χ0v) is 12.7. The average Bonchev–Trinajstić information content (AvgIpc) is 2.32. The molecule has 0 aromatic carbocycles. The average molecular weight is 278 g/mol. The number of nitrogens with zero attached hydrogens (tertiary/aromatic N) is 1. The summed E-state index contributed by atoms with van der Waals surface area (Å²) in [6.07, 6.45) is 0.990. The SMILES string of the molecule is CCCNCC(C)S(=O)(=O)N1CC(C)OCC1C. The molecular weight excluding hydrogens is 252 g/mol. The summed E-state index contributed by atoms with van der Waals surface area (Å²) in [6.45, 7) is 9.95. The number of hydrogen-bond acceptors (Lipinski definition) is 4. The van der Waals surface area contributed by atoms with Gasteiger partial charge in [-0.3, -0.25) is 0 Å². The van der Waals surface area contributed by atoms with E-state index in [2.05, 4.69) is 12.2 Å². The maximum absolute atomic E-state index is 12.5. The molecule has 1 N–H and O–H groups in total. The highest BCUT2D eigenvalue weighted by molar-refractivity contribution is 7.89. The molecule has 1 fully saturated rings. The minimum absolute atomic E-state index is 0.0215. The van der Waals surface area contributed by atoms with Crippen LogP contribution in [0.3, 0.4) is 0 Å². The number of ether oxygens (including phenoxy) is 1. The Bertz CT molecular complexity index is 345. The zero-order valence-electron chi connectivity index (χ0n) is 11.8. The van der Waals surface area contributed by atoms with Crippen LogP contribution in [0.5, 0.6) is 0 Å². The lowest BCUT2D eigenvalue weighted by molar-refractivity contribution is -0.0173. The van der Waals surface area contributed by atoms with Crippen molar-refractivity contribution in [3.63, 3.8) is 0 Å². The first-order valence-electron chi connectivity index (χ1n) is 6.72. The van der Waals surface area contributed by atoms with Crippen LogP contribution in [0.1, 0.15) is 34.1 Å². The molecule has 1 saturated heterocycles. The maximum atomic E-state index is 12.5. The summed E-state index contributed by atoms with van der Waals surface area (Å²) in [5.74, 6) is 0. The normalized spacial score (nSPS) is 28.2. The predicted octanol–water partition coefficient (Wildman–Crippen LogP) is 0.814. The predicted molar refractivity (Wildman–Crippen MR) is 73.1 cm³/mol. The molecule has 0 aromatic heterocycles. The Morgan fingerprint density at radius 3 is 2.72 bits per heavy atom. The number of morpholine rings is 1. The van der Waals surface area contributed by atoms with Gasteiger partial charge in [-0.1, -0.05) is 6.92 Å². The molecule has 0 aromatic rings. The molecule has 0 bridgehead atoms. The van der Waals surface area contributed by atoms with Crippen LogP contribution in [-0.4, -0.2) is 56.4 Å². The van der Waals surface area contributed by atoms with Gasteiger partial charge >= 0.3 is 0 Å². The number of sulfonamides is 1. The van der Waals surface area contributed by atoms with E-state index >= 15 is 0 Å². The number of nitrogens with one attached hydrogen (secondary N) is 1. The van der Waals surface area contributed by atoms with Gasteiger partial charge in [-0.15, -0.1) is 0 Å². The van der Waals surface area contributed by atoms with Crippen LogP contribution in [0.15, 0.2) is 0 Å². The standard InChI is InChI=1S/C12H26N2O3S/c1-5-6-13-7-12(4)18(15,16)14-8-11(3)17-9-10(14)2/h10-13H,5-9H2,1-4H3. The fourth-order valence-corrected chi connectivity index (χ4v) is 3.82. The van der Waals surface area contributed by atoms with Crippen molar-refractivity contribution in [2.24, 2.45) is 0 Å². The highest BCUT2D eigenvalue weighted by Gasteiger charge is 2.36. The van der Waals surface area contributed by atoms with Gasteiger partial charge in [-0.05, 0) is 33.7 Å². The molecule has 3 atom stereocenters. The third-order valence-corrected chi connectivity index (χ3v) is 5.59. The molecule has 18 heavy (non-hydrogen) atoms. The monoisotopic (exact) mass is 278 g/mol. The molecule has 0 amide bonds. The third kappa shape index (κ3) is 3.91. The van der Waals surface area contributed by atoms with E-state index in [-0.39, 0.29) is 12.1 Å². The summed E-state index contributed by atoms with van der Waals surface area (Å²) in [7, 11) is -3.23. The van der Waals surface area contributed by atoms with E-state index in [0.29, 0.717) is 19.7 Å². The molecule has 1 aliphatic rings. The summed E-state index contributed by atoms with van der Waals surface area (Å²) < 4.78 is 32.0.